The van der Waals surface area contributed by atoms with Crippen molar-refractivity contribution >= 4 is 39.8 Å². The van der Waals surface area contributed by atoms with Crippen molar-refractivity contribution in [3.8, 4) is 16.9 Å². The SMILES string of the molecule is Cc1ccc(-c2ccccc2)n1-c1ccc(C(=O)N/N=C/c2cc(Br)c(Sc3ccccc3)o2)cc1. The Bertz CT molecular complexity index is 1510. The van der Waals surface area contributed by atoms with Gasteiger partial charge in [-0.1, -0.05) is 60.3 Å². The van der Waals surface area contributed by atoms with Gasteiger partial charge in [0.25, 0.3) is 5.91 Å². The average Bonchev–Trinajstić information content (AvgIpc) is 3.47. The molecule has 178 valence electrons. The number of carbonyl (C=O) groups is 1. The van der Waals surface area contributed by atoms with E-state index in [-0.39, 0.29) is 5.91 Å². The van der Waals surface area contributed by atoms with E-state index in [9.17, 15) is 4.79 Å². The number of hydrogen-bond acceptors (Lipinski definition) is 4. The van der Waals surface area contributed by atoms with Crippen molar-refractivity contribution in [1.29, 1.82) is 0 Å². The summed E-state index contributed by atoms with van der Waals surface area (Å²) in [6.45, 7) is 2.07. The number of nitrogens with zero attached hydrogens (tertiary/aromatic N) is 2. The number of rotatable bonds is 7. The van der Waals surface area contributed by atoms with Crippen LogP contribution in [0.4, 0.5) is 0 Å². The third-order valence-electron chi connectivity index (χ3n) is 5.52. The Morgan fingerprint density at radius 1 is 0.944 bits per heavy atom. The number of furan rings is 1. The maximum Gasteiger partial charge on any atom is 0.271 e. The number of carbonyl (C=O) groups excluding carboxylic acids is 1. The van der Waals surface area contributed by atoms with Crippen LogP contribution in [0.1, 0.15) is 21.8 Å². The van der Waals surface area contributed by atoms with Crippen LogP contribution in [-0.4, -0.2) is 16.7 Å². The molecule has 0 fully saturated rings. The molecule has 0 aliphatic carbocycles. The van der Waals surface area contributed by atoms with Gasteiger partial charge in [0.1, 0.15) is 5.76 Å². The van der Waals surface area contributed by atoms with Crippen LogP contribution in [0.5, 0.6) is 0 Å². The van der Waals surface area contributed by atoms with Gasteiger partial charge >= 0.3 is 0 Å². The van der Waals surface area contributed by atoms with Crippen LogP contribution in [0.25, 0.3) is 16.9 Å². The summed E-state index contributed by atoms with van der Waals surface area (Å²) < 4.78 is 8.84. The van der Waals surface area contributed by atoms with Gasteiger partial charge < -0.3 is 8.98 Å². The molecule has 0 radical (unpaired) electrons. The molecule has 0 spiro atoms. The van der Waals surface area contributed by atoms with E-state index in [1.54, 1.807) is 12.1 Å². The summed E-state index contributed by atoms with van der Waals surface area (Å²) in [4.78, 5) is 13.7. The standard InChI is InChI=1S/C29H22BrN3O2S/c1-20-12-17-27(21-8-4-2-5-9-21)33(20)23-15-13-22(14-16-23)28(34)32-31-19-24-18-26(30)29(35-24)36-25-10-6-3-7-11-25/h2-19H,1H3,(H,32,34)/b31-19+. The maximum absolute atomic E-state index is 12.6. The van der Waals surface area contributed by atoms with Gasteiger partial charge in [0, 0.05) is 27.9 Å². The third kappa shape index (κ3) is 5.37. The van der Waals surface area contributed by atoms with Crippen LogP contribution in [0.15, 0.2) is 127 Å². The molecule has 0 unspecified atom stereocenters. The first-order valence-electron chi connectivity index (χ1n) is 11.3. The number of amides is 1. The lowest BCUT2D eigenvalue weighted by atomic mass is 10.1. The smallest absolute Gasteiger partial charge is 0.271 e. The fourth-order valence-electron chi connectivity index (χ4n) is 3.79. The molecule has 0 aliphatic heterocycles. The quantitative estimate of drug-likeness (QED) is 0.165. The van der Waals surface area contributed by atoms with Gasteiger partial charge in [0.2, 0.25) is 0 Å². The Hall–Kier alpha value is -3.81. The molecule has 2 heterocycles. The van der Waals surface area contributed by atoms with Crippen molar-refractivity contribution < 1.29 is 9.21 Å². The lowest BCUT2D eigenvalue weighted by molar-refractivity contribution is 0.0955. The third-order valence-corrected chi connectivity index (χ3v) is 7.37. The highest BCUT2D eigenvalue weighted by atomic mass is 79.9. The zero-order valence-electron chi connectivity index (χ0n) is 19.4. The van der Waals surface area contributed by atoms with E-state index in [1.165, 1.54) is 18.0 Å². The molecule has 1 N–H and O–H groups in total. The summed E-state index contributed by atoms with van der Waals surface area (Å²) in [5.74, 6) is 0.238. The molecule has 7 heteroatoms. The van der Waals surface area contributed by atoms with E-state index in [0.29, 0.717) is 11.3 Å². The van der Waals surface area contributed by atoms with E-state index >= 15 is 0 Å². The van der Waals surface area contributed by atoms with Crippen LogP contribution >= 0.6 is 27.7 Å². The molecule has 0 aliphatic rings. The van der Waals surface area contributed by atoms with Gasteiger partial charge in [0.05, 0.1) is 16.4 Å². The number of aryl methyl sites for hydroxylation is 1. The number of benzene rings is 3. The van der Waals surface area contributed by atoms with Crippen molar-refractivity contribution in [1.82, 2.24) is 9.99 Å². The number of nitrogens with one attached hydrogen (secondary N) is 1. The molecule has 0 atom stereocenters. The zero-order chi connectivity index (χ0) is 24.9. The highest BCUT2D eigenvalue weighted by Gasteiger charge is 2.12. The molecule has 36 heavy (non-hydrogen) atoms. The molecule has 0 saturated carbocycles. The molecule has 5 nitrogen and oxygen atoms in total. The van der Waals surface area contributed by atoms with Crippen LogP contribution in [0.2, 0.25) is 0 Å². The van der Waals surface area contributed by atoms with Crippen LogP contribution in [-0.2, 0) is 0 Å². The summed E-state index contributed by atoms with van der Waals surface area (Å²) in [5.41, 5.74) is 7.43. The molecule has 5 rings (SSSR count). The Labute approximate surface area is 222 Å². The van der Waals surface area contributed by atoms with E-state index in [0.717, 1.165) is 37.1 Å². The average molecular weight is 556 g/mol. The Morgan fingerprint density at radius 2 is 1.64 bits per heavy atom. The zero-order valence-corrected chi connectivity index (χ0v) is 21.8. The van der Waals surface area contributed by atoms with Crippen molar-refractivity contribution in [3.05, 3.63) is 125 Å². The maximum atomic E-state index is 12.6. The highest BCUT2D eigenvalue weighted by molar-refractivity contribution is 9.10. The van der Waals surface area contributed by atoms with Crippen molar-refractivity contribution in [2.24, 2.45) is 5.10 Å². The predicted molar refractivity (Wildman–Crippen MR) is 148 cm³/mol. The molecular formula is C29H22BrN3O2S. The lowest BCUT2D eigenvalue weighted by Gasteiger charge is -2.12. The van der Waals surface area contributed by atoms with Gasteiger partial charge in [-0.05, 0) is 76.9 Å². The second kappa shape index (κ2) is 10.8. The second-order valence-corrected chi connectivity index (χ2v) is 9.91. The van der Waals surface area contributed by atoms with Crippen molar-refractivity contribution in [3.63, 3.8) is 0 Å². The van der Waals surface area contributed by atoms with E-state index < -0.39 is 0 Å². The van der Waals surface area contributed by atoms with E-state index in [4.69, 9.17) is 4.42 Å². The lowest BCUT2D eigenvalue weighted by Crippen LogP contribution is -2.17. The summed E-state index contributed by atoms with van der Waals surface area (Å²) in [6.07, 6.45) is 1.49. The summed E-state index contributed by atoms with van der Waals surface area (Å²) >= 11 is 5.02. The molecular weight excluding hydrogens is 534 g/mol. The monoisotopic (exact) mass is 555 g/mol. The first kappa shape index (κ1) is 23.9. The van der Waals surface area contributed by atoms with Gasteiger partial charge in [-0.3, -0.25) is 4.79 Å². The fraction of sp³-hybridized carbons (Fsp3) is 0.0345. The first-order chi connectivity index (χ1) is 17.6. The van der Waals surface area contributed by atoms with E-state index in [2.05, 4.69) is 62.2 Å². The van der Waals surface area contributed by atoms with Crippen molar-refractivity contribution in [2.45, 2.75) is 16.9 Å². The van der Waals surface area contributed by atoms with Gasteiger partial charge in [0.15, 0.2) is 5.09 Å². The minimum Gasteiger partial charge on any atom is -0.447 e. The number of hydrogen-bond donors (Lipinski definition) is 1. The summed E-state index contributed by atoms with van der Waals surface area (Å²) in [6, 6.07) is 33.7. The fourth-order valence-corrected chi connectivity index (χ4v) is 5.15. The Kier molecular flexibility index (Phi) is 7.21. The predicted octanol–water partition coefficient (Wildman–Crippen LogP) is 7.72. The number of aromatic nitrogens is 1. The summed E-state index contributed by atoms with van der Waals surface area (Å²) in [5, 5.41) is 4.79. The molecule has 0 bridgehead atoms. The topological polar surface area (TPSA) is 59.5 Å². The minimum atomic E-state index is -0.296. The Morgan fingerprint density at radius 3 is 2.36 bits per heavy atom. The largest absolute Gasteiger partial charge is 0.447 e. The molecule has 1 amide bonds. The number of hydrazone groups is 1. The molecule has 2 aromatic heterocycles. The second-order valence-electron chi connectivity index (χ2n) is 8.01. The summed E-state index contributed by atoms with van der Waals surface area (Å²) in [7, 11) is 0. The van der Waals surface area contributed by atoms with Gasteiger partial charge in [-0.15, -0.1) is 0 Å². The van der Waals surface area contributed by atoms with Crippen LogP contribution < -0.4 is 5.43 Å². The van der Waals surface area contributed by atoms with Gasteiger partial charge in [-0.2, -0.15) is 5.10 Å². The molecule has 5 aromatic rings. The molecule has 3 aromatic carbocycles. The minimum absolute atomic E-state index is 0.296. The van der Waals surface area contributed by atoms with Crippen LogP contribution in [0.3, 0.4) is 0 Å². The van der Waals surface area contributed by atoms with Crippen LogP contribution in [0, 0.1) is 6.92 Å². The van der Waals surface area contributed by atoms with Crippen molar-refractivity contribution in [2.75, 3.05) is 0 Å². The Balaban J connectivity index is 1.25. The first-order valence-corrected chi connectivity index (χ1v) is 12.9. The van der Waals surface area contributed by atoms with E-state index in [1.807, 2.05) is 66.7 Å². The normalized spacial score (nSPS) is 11.2. The van der Waals surface area contributed by atoms with Gasteiger partial charge in [-0.25, -0.2) is 5.43 Å². The number of halogens is 1. The molecule has 0 saturated heterocycles. The highest BCUT2D eigenvalue weighted by Crippen LogP contribution is 2.35.